The fourth-order valence-electron chi connectivity index (χ4n) is 7.77. The highest BCUT2D eigenvalue weighted by Gasteiger charge is 2.54. The minimum Gasteiger partial charge on any atom is -0.504 e. The van der Waals surface area contributed by atoms with E-state index in [0.29, 0.717) is 30.3 Å². The van der Waals surface area contributed by atoms with Gasteiger partial charge in [0, 0.05) is 28.0 Å². The Balaban J connectivity index is 1.30. The summed E-state index contributed by atoms with van der Waals surface area (Å²) in [6.45, 7) is -1.26. The molecular weight excluding hydrogens is 908 g/mol. The molecule has 2 unspecified atom stereocenters. The summed E-state index contributed by atoms with van der Waals surface area (Å²) in [4.78, 5) is 70.0. The summed E-state index contributed by atoms with van der Waals surface area (Å²) >= 11 is 0. The Morgan fingerprint density at radius 1 is 0.448 bits per heavy atom. The molecule has 5 atom stereocenters. The number of aliphatic hydroxyl groups is 1. The smallest absolute Gasteiger partial charge is 0.344 e. The first-order valence-corrected chi connectivity index (χ1v) is 18.7. The maximum absolute atomic E-state index is 14.6. The second-order valence-electron chi connectivity index (χ2n) is 14.8. The van der Waals surface area contributed by atoms with Gasteiger partial charge in [-0.2, -0.15) is 0 Å². The third kappa shape index (κ3) is 6.30. The summed E-state index contributed by atoms with van der Waals surface area (Å²) < 4.78 is 38.4. The molecule has 2 bridgehead atoms. The lowest BCUT2D eigenvalue weighted by Gasteiger charge is -2.43. The predicted molar refractivity (Wildman–Crippen MR) is 209 cm³/mol. The molecule has 346 valence electrons. The van der Waals surface area contributed by atoms with Gasteiger partial charge in [0.25, 0.3) is 0 Å². The van der Waals surface area contributed by atoms with E-state index in [4.69, 9.17) is 32.8 Å². The van der Waals surface area contributed by atoms with Crippen molar-refractivity contribution in [2.75, 3.05) is 6.61 Å². The van der Waals surface area contributed by atoms with E-state index in [1.807, 2.05) is 0 Å². The molecule has 0 aliphatic carbocycles. The van der Waals surface area contributed by atoms with E-state index >= 15 is 0 Å². The first kappa shape index (κ1) is 42.9. The summed E-state index contributed by atoms with van der Waals surface area (Å²) in [5.41, 5.74) is -8.65. The van der Waals surface area contributed by atoms with Crippen molar-refractivity contribution in [3.8, 4) is 97.4 Å². The fourth-order valence-corrected chi connectivity index (χ4v) is 7.77. The summed E-state index contributed by atoms with van der Waals surface area (Å²) in [7, 11) is 0. The van der Waals surface area contributed by atoms with Crippen LogP contribution in [-0.2, 0) is 23.7 Å². The van der Waals surface area contributed by atoms with Gasteiger partial charge in [-0.1, -0.05) is 0 Å². The molecule has 0 radical (unpaired) electrons. The summed E-state index contributed by atoms with van der Waals surface area (Å²) in [6.07, 6.45) is -11.9. The topological polar surface area (TPSA) is 437 Å². The molecule has 67 heavy (non-hydrogen) atoms. The summed E-state index contributed by atoms with van der Waals surface area (Å²) in [5.74, 6) is -26.0. The second kappa shape index (κ2) is 14.8. The average molecular weight is 935 g/mol. The molecule has 6 aromatic rings. The number of hydrogen-bond donors (Lipinski definition) is 14. The molecular formula is C41H26O26. The number of fused-ring (bicyclic) bond motifs is 8. The van der Waals surface area contributed by atoms with Crippen LogP contribution >= 0.6 is 0 Å². The highest BCUT2D eigenvalue weighted by molar-refractivity contribution is 6.19. The quantitative estimate of drug-likeness (QED) is 0.0339. The van der Waals surface area contributed by atoms with Crippen molar-refractivity contribution in [2.45, 2.75) is 30.7 Å². The number of aliphatic hydroxyl groups excluding tert-OH is 1. The van der Waals surface area contributed by atoms with Crippen molar-refractivity contribution in [3.63, 3.8) is 0 Å². The van der Waals surface area contributed by atoms with E-state index in [9.17, 15) is 95.5 Å². The predicted octanol–water partition coefficient (Wildman–Crippen LogP) is 1.76. The minimum atomic E-state index is -2.54. The maximum Gasteiger partial charge on any atom is 0.344 e. The molecule has 26 heteroatoms. The molecule has 0 amide bonds. The Labute approximate surface area is 366 Å². The van der Waals surface area contributed by atoms with Gasteiger partial charge in [0.2, 0.25) is 34.5 Å². The van der Waals surface area contributed by atoms with Gasteiger partial charge in [-0.05, 0) is 24.3 Å². The molecule has 1 fully saturated rings. The normalized spacial score (nSPS) is 20.4. The van der Waals surface area contributed by atoms with Crippen LogP contribution in [-0.4, -0.2) is 133 Å². The van der Waals surface area contributed by atoms with Crippen molar-refractivity contribution < 1.29 is 124 Å². The molecule has 0 saturated carbocycles. The molecule has 14 N–H and O–H groups in total. The van der Waals surface area contributed by atoms with Gasteiger partial charge in [-0.3, -0.25) is 0 Å². The Morgan fingerprint density at radius 3 is 1.54 bits per heavy atom. The van der Waals surface area contributed by atoms with Gasteiger partial charge in [0.1, 0.15) is 18.3 Å². The first-order valence-electron chi connectivity index (χ1n) is 18.7. The van der Waals surface area contributed by atoms with Crippen LogP contribution in [0.4, 0.5) is 0 Å². The number of carbonyl (C=O) groups is 4. The average Bonchev–Trinajstić information content (AvgIpc) is 3.28. The molecule has 1 saturated heterocycles. The van der Waals surface area contributed by atoms with Crippen LogP contribution in [0.3, 0.4) is 0 Å². The number of carbonyl (C=O) groups excluding carboxylic acids is 4. The van der Waals surface area contributed by atoms with Crippen LogP contribution in [0.25, 0.3) is 32.9 Å². The number of rotatable bonds is 0. The number of hydrogen-bond acceptors (Lipinski definition) is 26. The number of ether oxygens (including phenoxy) is 6. The largest absolute Gasteiger partial charge is 0.504 e. The lowest BCUT2D eigenvalue weighted by Crippen LogP contribution is -2.62. The van der Waals surface area contributed by atoms with Crippen LogP contribution < -0.4 is 10.4 Å². The first-order chi connectivity index (χ1) is 31.6. The van der Waals surface area contributed by atoms with Crippen LogP contribution in [0.1, 0.15) is 41.4 Å². The van der Waals surface area contributed by atoms with Crippen molar-refractivity contribution in [1.29, 1.82) is 0 Å². The number of esters is 4. The molecule has 3 aliphatic rings. The highest BCUT2D eigenvalue weighted by atomic mass is 16.7. The fraction of sp³-hybridized carbons (Fsp3) is 0.146. The van der Waals surface area contributed by atoms with Gasteiger partial charge in [-0.15, -0.1) is 0 Å². The Bertz CT molecular complexity index is 3320. The molecule has 4 heterocycles. The lowest BCUT2D eigenvalue weighted by atomic mass is 9.91. The Kier molecular flexibility index (Phi) is 9.48. The third-order valence-electron chi connectivity index (χ3n) is 10.9. The minimum absolute atomic E-state index is 0.435. The molecule has 26 nitrogen and oxygen atoms in total. The van der Waals surface area contributed by atoms with Crippen molar-refractivity contribution in [2.24, 2.45) is 0 Å². The van der Waals surface area contributed by atoms with E-state index in [2.05, 4.69) is 0 Å². The summed E-state index contributed by atoms with van der Waals surface area (Å²) in [5, 5.41) is 149. The maximum atomic E-state index is 14.6. The summed E-state index contributed by atoms with van der Waals surface area (Å²) in [6, 6.07) is 2.43. The third-order valence-corrected chi connectivity index (χ3v) is 10.9. The zero-order valence-electron chi connectivity index (χ0n) is 32.6. The van der Waals surface area contributed by atoms with Gasteiger partial charge in [0.05, 0.1) is 22.1 Å². The van der Waals surface area contributed by atoms with E-state index in [1.54, 1.807) is 0 Å². The van der Waals surface area contributed by atoms with Gasteiger partial charge < -0.3 is 104 Å². The second-order valence-corrected chi connectivity index (χ2v) is 14.8. The number of aromatic hydroxyl groups is 13. The van der Waals surface area contributed by atoms with Gasteiger partial charge in [-0.25, -0.2) is 24.0 Å². The van der Waals surface area contributed by atoms with Crippen molar-refractivity contribution in [1.82, 2.24) is 0 Å². The van der Waals surface area contributed by atoms with Crippen LogP contribution in [0, 0.1) is 0 Å². The molecule has 1 aromatic heterocycles. The van der Waals surface area contributed by atoms with E-state index in [0.717, 1.165) is 0 Å². The van der Waals surface area contributed by atoms with Crippen molar-refractivity contribution in [3.05, 3.63) is 63.0 Å². The van der Waals surface area contributed by atoms with Crippen LogP contribution in [0.5, 0.6) is 86.2 Å². The lowest BCUT2D eigenvalue weighted by molar-refractivity contribution is -0.284. The standard InChI is InChI=1S/C41H26O26/c42-12-1-7-18(26(51)22(12)47)19-8(2-13(43)23(48)27(19)52)39(58)67-35-34(66-38(7)57)32-17(62-41(35)60)6-61-36(55)11-5-14(44)24(49)29(54)30(11)63-31-16(46)4-9-20(28(31)53)21-10(40(59)64-32)3-15(45)25(50)33(21)65-37(9)56/h1-5,17,32,34-35,41-54,60H,6H2/t17?,32-,34-,35?,41+/m0/s1. The molecule has 9 rings (SSSR count). The molecule has 3 aliphatic heterocycles. The molecule has 5 aromatic carbocycles. The van der Waals surface area contributed by atoms with Crippen LogP contribution in [0.2, 0.25) is 0 Å². The highest BCUT2D eigenvalue weighted by Crippen LogP contribution is 2.55. The number of phenols is 13. The van der Waals surface area contributed by atoms with Crippen LogP contribution in [0.15, 0.2) is 39.5 Å². The Hall–Kier alpha value is -9.43. The number of benzene rings is 5. The zero-order chi connectivity index (χ0) is 48.4. The number of phenolic OH excluding ortho intramolecular Hbond substituents is 13. The zero-order valence-corrected chi connectivity index (χ0v) is 32.6. The van der Waals surface area contributed by atoms with E-state index in [-0.39, 0.29) is 0 Å². The Morgan fingerprint density at radius 2 is 0.940 bits per heavy atom. The monoisotopic (exact) mass is 934 g/mol. The van der Waals surface area contributed by atoms with Gasteiger partial charge in [0.15, 0.2) is 81.9 Å². The molecule has 0 spiro atoms. The van der Waals surface area contributed by atoms with Crippen molar-refractivity contribution >= 4 is 45.6 Å². The SMILES string of the molecule is O=C1OCC2O[C@@H](O)C3OC(=O)c4cc(O)c(O)c(O)c4-c4c(cc(O)c(O)c4O)C(=O)O[C@H]3[C@H]2OC(=O)c2cc(O)c(O)c3oc(=O)c4cc(O)c(c(O)c4c23)Oc2c1cc(O)c(O)c2O. The number of cyclic esters (lactones) is 1. The van der Waals surface area contributed by atoms with Gasteiger partial charge >= 0.3 is 29.5 Å². The van der Waals surface area contributed by atoms with E-state index < -0.39 is 208 Å². The van der Waals surface area contributed by atoms with E-state index in [1.165, 1.54) is 0 Å².